The lowest BCUT2D eigenvalue weighted by molar-refractivity contribution is -0.140. The van der Waals surface area contributed by atoms with E-state index < -0.39 is 51.6 Å². The Balaban J connectivity index is 2.94. The van der Waals surface area contributed by atoms with Gasteiger partial charge < -0.3 is 35.4 Å². The van der Waals surface area contributed by atoms with Gasteiger partial charge in [-0.3, -0.25) is 48.1 Å². The predicted molar refractivity (Wildman–Crippen MR) is 162 cm³/mol. The summed E-state index contributed by atoms with van der Waals surface area (Å²) in [5.41, 5.74) is 0. The van der Waals surface area contributed by atoms with Crippen LogP contribution in [0.1, 0.15) is 13.3 Å². The summed E-state index contributed by atoms with van der Waals surface area (Å²) in [5, 5.41) is 32.8. The molecule has 1 aliphatic heterocycles. The number of amides is 2. The highest BCUT2D eigenvalue weighted by Gasteiger charge is 2.27. The number of hydrogen-bond donors (Lipinski definition) is 6. The molecule has 19 nitrogen and oxygen atoms in total. The fraction of sp³-hybridized carbons (Fsp3) is 0.808. The number of carboxylic acids is 3. The lowest BCUT2D eigenvalue weighted by Gasteiger charge is -2.33. The molecular formula is C26H48N6O13S. The molecule has 2 amide bonds. The van der Waals surface area contributed by atoms with Crippen LogP contribution in [0.2, 0.25) is 0 Å². The lowest BCUT2D eigenvalue weighted by Crippen LogP contribution is -2.54. The van der Waals surface area contributed by atoms with Crippen molar-refractivity contribution in [1.29, 1.82) is 0 Å². The van der Waals surface area contributed by atoms with E-state index in [1.54, 1.807) is 19.6 Å². The van der Waals surface area contributed by atoms with Crippen LogP contribution >= 0.6 is 0 Å². The summed E-state index contributed by atoms with van der Waals surface area (Å²) in [4.78, 5) is 66.4. The standard InChI is InChI=1S/C26H48N6O13S/c1-2-44-14-15-45-13-3-4-27-26(40)21(20-46(41,42)43)28-22(33)16-29-5-7-30(17-23(34)35)9-11-32(19-25(38)39)12-10-31(8-6-29)18-24(36)37/h21H,2-20H2,1H3,(H,27,40)(H,28,33)(H,34,35)(H,36,37)(H,38,39)(H,41,42,43)/t21-/m1/s1. The van der Waals surface area contributed by atoms with Gasteiger partial charge in [-0.2, -0.15) is 8.42 Å². The van der Waals surface area contributed by atoms with Crippen molar-refractivity contribution in [2.45, 2.75) is 19.4 Å². The second-order valence-corrected chi connectivity index (χ2v) is 12.1. The van der Waals surface area contributed by atoms with Crippen molar-refractivity contribution in [3.8, 4) is 0 Å². The smallest absolute Gasteiger partial charge is 0.317 e. The first-order valence-corrected chi connectivity index (χ1v) is 16.5. The van der Waals surface area contributed by atoms with Gasteiger partial charge in [0.25, 0.3) is 10.1 Å². The van der Waals surface area contributed by atoms with Crippen LogP contribution in [0, 0.1) is 0 Å². The number of nitrogens with zero attached hydrogens (tertiary/aromatic N) is 4. The molecule has 1 heterocycles. The van der Waals surface area contributed by atoms with Gasteiger partial charge in [0.15, 0.2) is 0 Å². The number of carbonyl (C=O) groups excluding carboxylic acids is 2. The largest absolute Gasteiger partial charge is 0.480 e. The number of nitrogens with one attached hydrogen (secondary N) is 2. The highest BCUT2D eigenvalue weighted by atomic mass is 32.2. The van der Waals surface area contributed by atoms with E-state index in [0.29, 0.717) is 32.8 Å². The highest BCUT2D eigenvalue weighted by Crippen LogP contribution is 2.02. The van der Waals surface area contributed by atoms with Gasteiger partial charge in [-0.05, 0) is 13.3 Å². The second kappa shape index (κ2) is 22.5. The summed E-state index contributed by atoms with van der Waals surface area (Å²) in [5.74, 6) is -5.95. The monoisotopic (exact) mass is 684 g/mol. The molecule has 6 N–H and O–H groups in total. The average molecular weight is 685 g/mol. The van der Waals surface area contributed by atoms with Crippen LogP contribution < -0.4 is 10.6 Å². The summed E-state index contributed by atoms with van der Waals surface area (Å²) < 4.78 is 43.1. The molecule has 0 saturated carbocycles. The zero-order valence-corrected chi connectivity index (χ0v) is 27.0. The molecule has 0 aliphatic carbocycles. The maximum atomic E-state index is 13.0. The quantitative estimate of drug-likeness (QED) is 0.0535. The van der Waals surface area contributed by atoms with E-state index in [1.165, 1.54) is 0 Å². The molecule has 1 fully saturated rings. The maximum absolute atomic E-state index is 13.0. The molecule has 0 radical (unpaired) electrons. The molecule has 0 spiro atoms. The number of rotatable bonds is 20. The van der Waals surface area contributed by atoms with Crippen molar-refractivity contribution in [2.24, 2.45) is 0 Å². The van der Waals surface area contributed by atoms with Crippen LogP contribution in [-0.4, -0.2) is 201 Å². The van der Waals surface area contributed by atoms with E-state index in [9.17, 15) is 52.3 Å². The average Bonchev–Trinajstić information content (AvgIpc) is 2.93. The van der Waals surface area contributed by atoms with E-state index in [4.69, 9.17) is 9.47 Å². The zero-order valence-electron chi connectivity index (χ0n) is 26.2. The van der Waals surface area contributed by atoms with Gasteiger partial charge in [0.05, 0.1) is 39.4 Å². The topological polar surface area (TPSA) is 256 Å². The molecule has 1 atom stereocenters. The Hall–Kier alpha value is -2.98. The maximum Gasteiger partial charge on any atom is 0.317 e. The zero-order chi connectivity index (χ0) is 34.5. The first-order valence-electron chi connectivity index (χ1n) is 14.9. The highest BCUT2D eigenvalue weighted by molar-refractivity contribution is 7.85. The molecule has 1 aliphatic rings. The molecule has 0 bridgehead atoms. The number of aliphatic carboxylic acids is 3. The molecule has 0 aromatic heterocycles. The van der Waals surface area contributed by atoms with E-state index in [-0.39, 0.29) is 85.1 Å². The van der Waals surface area contributed by atoms with Gasteiger partial charge in [-0.25, -0.2) is 0 Å². The van der Waals surface area contributed by atoms with Crippen molar-refractivity contribution in [3.63, 3.8) is 0 Å². The number of ether oxygens (including phenoxy) is 2. The fourth-order valence-corrected chi connectivity index (χ4v) is 5.15. The lowest BCUT2D eigenvalue weighted by atomic mass is 10.2. The molecular weight excluding hydrogens is 636 g/mol. The molecule has 0 aromatic rings. The molecule has 46 heavy (non-hydrogen) atoms. The Morgan fingerprint density at radius 2 is 1.11 bits per heavy atom. The Labute approximate surface area is 268 Å². The summed E-state index contributed by atoms with van der Waals surface area (Å²) in [6.45, 7) is 3.60. The van der Waals surface area contributed by atoms with Crippen LogP contribution in [0.4, 0.5) is 0 Å². The van der Waals surface area contributed by atoms with Gasteiger partial charge in [0, 0.05) is 72.1 Å². The number of carboxylic acid groups (broad SMARTS) is 3. The van der Waals surface area contributed by atoms with E-state index in [2.05, 4.69) is 10.6 Å². The Bertz CT molecular complexity index is 1050. The normalized spacial score (nSPS) is 17.3. The molecule has 1 saturated heterocycles. The Kier molecular flexibility index (Phi) is 20.1. The van der Waals surface area contributed by atoms with Crippen LogP contribution in [0.5, 0.6) is 0 Å². The van der Waals surface area contributed by atoms with Gasteiger partial charge in [0.1, 0.15) is 11.8 Å². The molecule has 266 valence electrons. The molecule has 0 unspecified atom stereocenters. The van der Waals surface area contributed by atoms with Crippen LogP contribution in [0.3, 0.4) is 0 Å². The fourth-order valence-electron chi connectivity index (χ4n) is 4.49. The van der Waals surface area contributed by atoms with Crippen LogP contribution in [-0.2, 0) is 43.6 Å². The molecule has 20 heteroatoms. The minimum Gasteiger partial charge on any atom is -0.480 e. The van der Waals surface area contributed by atoms with Crippen LogP contribution in [0.15, 0.2) is 0 Å². The Morgan fingerprint density at radius 1 is 0.696 bits per heavy atom. The Morgan fingerprint density at radius 3 is 1.50 bits per heavy atom. The second-order valence-electron chi connectivity index (χ2n) is 10.6. The van der Waals surface area contributed by atoms with Gasteiger partial charge in [-0.1, -0.05) is 0 Å². The number of carbonyl (C=O) groups is 5. The molecule has 1 rings (SSSR count). The molecule has 0 aromatic carbocycles. The SMILES string of the molecule is CCOCCOCCCNC(=O)[C@@H](CS(=O)(=O)O)NC(=O)CN1CCN(CC(=O)O)CCN(CC(=O)O)CCN(CC(=O)O)CC1. The summed E-state index contributed by atoms with van der Waals surface area (Å²) in [6, 6.07) is -1.61. The van der Waals surface area contributed by atoms with Crippen molar-refractivity contribution in [2.75, 3.05) is 117 Å². The summed E-state index contributed by atoms with van der Waals surface area (Å²) >= 11 is 0. The predicted octanol–water partition coefficient (Wildman–Crippen LogP) is -3.61. The first kappa shape index (κ1) is 41.0. The van der Waals surface area contributed by atoms with Gasteiger partial charge >= 0.3 is 17.9 Å². The third kappa shape index (κ3) is 20.9. The van der Waals surface area contributed by atoms with E-state index in [0.717, 1.165) is 0 Å². The minimum atomic E-state index is -4.67. The third-order valence-electron chi connectivity index (χ3n) is 6.74. The number of hydrogen-bond acceptors (Lipinski definition) is 13. The summed E-state index contributed by atoms with van der Waals surface area (Å²) in [6.07, 6.45) is 0.395. The van der Waals surface area contributed by atoms with Crippen molar-refractivity contribution in [1.82, 2.24) is 30.2 Å². The van der Waals surface area contributed by atoms with Crippen molar-refractivity contribution in [3.05, 3.63) is 0 Å². The minimum absolute atomic E-state index is 0.111. The van der Waals surface area contributed by atoms with Crippen molar-refractivity contribution < 1.29 is 61.7 Å². The van der Waals surface area contributed by atoms with Crippen LogP contribution in [0.25, 0.3) is 0 Å². The van der Waals surface area contributed by atoms with Crippen molar-refractivity contribution >= 4 is 39.8 Å². The summed E-state index contributed by atoms with van der Waals surface area (Å²) in [7, 11) is -4.67. The van der Waals surface area contributed by atoms with Gasteiger partial charge in [-0.15, -0.1) is 0 Å². The third-order valence-corrected chi connectivity index (χ3v) is 7.50. The van der Waals surface area contributed by atoms with Gasteiger partial charge in [0.2, 0.25) is 11.8 Å². The van der Waals surface area contributed by atoms with E-state index in [1.807, 2.05) is 6.92 Å². The first-order chi connectivity index (χ1) is 21.7. The van der Waals surface area contributed by atoms with E-state index >= 15 is 0 Å².